The van der Waals surface area contributed by atoms with Crippen LogP contribution in [0.1, 0.15) is 46.2 Å². The van der Waals surface area contributed by atoms with Gasteiger partial charge in [-0.25, -0.2) is 43.2 Å². The van der Waals surface area contributed by atoms with Crippen molar-refractivity contribution in [1.29, 1.82) is 0 Å². The first-order valence-corrected chi connectivity index (χ1v) is 26.1. The van der Waals surface area contributed by atoms with Crippen LogP contribution in [0.2, 0.25) is 0 Å². The van der Waals surface area contributed by atoms with Gasteiger partial charge in [-0.15, -0.1) is 0 Å². The lowest BCUT2D eigenvalue weighted by molar-refractivity contribution is -0.393. The zero-order valence-electron chi connectivity index (χ0n) is 40.4. The molecule has 432 valence electrons. The van der Waals surface area contributed by atoms with Crippen LogP contribution in [0.5, 0.6) is 0 Å². The predicted octanol–water partition coefficient (Wildman–Crippen LogP) is 12.6. The minimum atomic E-state index is -6.15. The van der Waals surface area contributed by atoms with Gasteiger partial charge in [0.2, 0.25) is 0 Å². The number of hydrogen-bond acceptors (Lipinski definition) is 8. The van der Waals surface area contributed by atoms with Gasteiger partial charge < -0.3 is 20.1 Å². The molecule has 0 saturated carbocycles. The van der Waals surface area contributed by atoms with Crippen LogP contribution in [0.3, 0.4) is 0 Å². The zero-order chi connectivity index (χ0) is 59.1. The van der Waals surface area contributed by atoms with Crippen molar-refractivity contribution in [2.45, 2.75) is 81.2 Å². The highest BCUT2D eigenvalue weighted by molar-refractivity contribution is 7.92. The molecule has 2 atom stereocenters. The lowest BCUT2D eigenvalue weighted by Crippen LogP contribution is -2.56. The Balaban J connectivity index is 0.000000231. The van der Waals surface area contributed by atoms with E-state index in [1.165, 1.54) is 0 Å². The van der Waals surface area contributed by atoms with Crippen LogP contribution in [-0.2, 0) is 63.1 Å². The SMILES string of the molecule is O=S(=O)(c1ccc(F)cc1)[C@@]1(c2ccc(C(OCc3c(F)cccc3F)(C(F)(F)F)C(F)(F)F)cc2)CCNC1.O=S(=O)(c1ccc(F)cc1)[C@]1(c2ccc(C(OCc3c(F)cccc3F)(C(F)(F)F)C(F)(F)F)cc2)CCNC1. The molecular weight excluding hydrogens is 1150 g/mol. The molecule has 0 spiro atoms. The highest BCUT2D eigenvalue weighted by Gasteiger charge is 2.75. The van der Waals surface area contributed by atoms with Crippen molar-refractivity contribution >= 4 is 19.7 Å². The number of ether oxygens (including phenoxy) is 2. The maximum atomic E-state index is 14.2. The van der Waals surface area contributed by atoms with Gasteiger partial charge in [0.15, 0.2) is 19.7 Å². The number of halogens is 18. The molecule has 2 aliphatic rings. The van der Waals surface area contributed by atoms with Crippen molar-refractivity contribution in [2.75, 3.05) is 26.2 Å². The smallest absolute Gasteiger partial charge is 0.349 e. The Morgan fingerprint density at radius 1 is 0.400 bits per heavy atom. The van der Waals surface area contributed by atoms with Gasteiger partial charge in [0.1, 0.15) is 44.4 Å². The van der Waals surface area contributed by atoms with Crippen molar-refractivity contribution in [1.82, 2.24) is 10.6 Å². The van der Waals surface area contributed by atoms with Crippen molar-refractivity contribution in [3.05, 3.63) is 202 Å². The molecule has 0 aliphatic carbocycles. The molecule has 6 aromatic rings. The van der Waals surface area contributed by atoms with E-state index in [9.17, 15) is 95.9 Å². The number of rotatable bonds is 14. The summed E-state index contributed by atoms with van der Waals surface area (Å²) in [4.78, 5) is -0.589. The second kappa shape index (κ2) is 22.3. The lowest BCUT2D eigenvalue weighted by atomic mass is 9.88. The molecule has 8 nitrogen and oxygen atoms in total. The monoisotopic (exact) mass is 1190 g/mol. The summed E-state index contributed by atoms with van der Waals surface area (Å²) in [6.07, 6.45) is -24.8. The number of hydrogen-bond donors (Lipinski definition) is 2. The third-order valence-electron chi connectivity index (χ3n) is 13.7. The van der Waals surface area contributed by atoms with Crippen molar-refractivity contribution in [2.24, 2.45) is 0 Å². The normalized spacial score (nSPS) is 18.7. The van der Waals surface area contributed by atoms with E-state index in [2.05, 4.69) is 20.1 Å². The van der Waals surface area contributed by atoms with Crippen LogP contribution in [0, 0.1) is 34.9 Å². The summed E-state index contributed by atoms with van der Waals surface area (Å²) in [5, 5.41) is 5.66. The minimum Gasteiger partial charge on any atom is -0.349 e. The highest BCUT2D eigenvalue weighted by Crippen LogP contribution is 2.56. The van der Waals surface area contributed by atoms with Gasteiger partial charge in [0.05, 0.1) is 23.0 Å². The fourth-order valence-corrected chi connectivity index (χ4v) is 13.6. The van der Waals surface area contributed by atoms with E-state index in [4.69, 9.17) is 0 Å². The Morgan fingerprint density at radius 2 is 0.675 bits per heavy atom. The maximum absolute atomic E-state index is 14.2. The van der Waals surface area contributed by atoms with Gasteiger partial charge >= 0.3 is 24.7 Å². The van der Waals surface area contributed by atoms with E-state index in [0.29, 0.717) is 48.5 Å². The quantitative estimate of drug-likeness (QED) is 0.0820. The lowest BCUT2D eigenvalue weighted by Gasteiger charge is -2.38. The van der Waals surface area contributed by atoms with Gasteiger partial charge in [-0.05, 0) is 110 Å². The van der Waals surface area contributed by atoms with E-state index in [1.807, 2.05) is 0 Å². The van der Waals surface area contributed by atoms with Crippen LogP contribution in [-0.4, -0.2) is 67.7 Å². The topological polar surface area (TPSA) is 111 Å². The van der Waals surface area contributed by atoms with E-state index >= 15 is 0 Å². The summed E-state index contributed by atoms with van der Waals surface area (Å²) in [6, 6.07) is 16.9. The molecule has 0 aromatic heterocycles. The van der Waals surface area contributed by atoms with Gasteiger partial charge in [-0.3, -0.25) is 0 Å². The summed E-state index contributed by atoms with van der Waals surface area (Å²) in [5.41, 5.74) is -15.5. The van der Waals surface area contributed by atoms with Crippen LogP contribution >= 0.6 is 0 Å². The molecule has 80 heavy (non-hydrogen) atoms. The molecule has 2 heterocycles. The number of nitrogens with one attached hydrogen (secondary N) is 2. The Kier molecular flexibility index (Phi) is 17.1. The number of benzene rings is 6. The summed E-state index contributed by atoms with van der Waals surface area (Å²) in [7, 11) is -8.64. The summed E-state index contributed by atoms with van der Waals surface area (Å²) in [5.74, 6) is -7.06. The first kappa shape index (κ1) is 61.4. The van der Waals surface area contributed by atoms with Crippen molar-refractivity contribution in [3.63, 3.8) is 0 Å². The van der Waals surface area contributed by atoms with Gasteiger partial charge in [-0.2, -0.15) is 52.7 Å². The molecule has 28 heteroatoms. The van der Waals surface area contributed by atoms with E-state index in [1.54, 1.807) is 0 Å². The van der Waals surface area contributed by atoms with E-state index in [0.717, 1.165) is 84.9 Å². The van der Waals surface area contributed by atoms with Crippen molar-refractivity contribution < 1.29 is 105 Å². The summed E-state index contributed by atoms with van der Waals surface area (Å²) >= 11 is 0. The first-order chi connectivity index (χ1) is 37.1. The Bertz CT molecular complexity index is 3080. The molecule has 6 aromatic carbocycles. The van der Waals surface area contributed by atoms with Crippen LogP contribution in [0.4, 0.5) is 79.0 Å². The fourth-order valence-electron chi connectivity index (χ4n) is 9.47. The average molecular weight is 1190 g/mol. The van der Waals surface area contributed by atoms with Gasteiger partial charge in [-0.1, -0.05) is 60.7 Å². The Hall–Kier alpha value is -6.20. The second-order valence-corrected chi connectivity index (χ2v) is 22.8. The molecule has 0 bridgehead atoms. The third kappa shape index (κ3) is 10.9. The molecule has 8 rings (SSSR count). The summed E-state index contributed by atoms with van der Waals surface area (Å²) < 4.78 is 313. The standard InChI is InChI=1S/2C26H20F9NO3S/c2*27-18-8-10-19(11-9-18)40(37,38)23(12-13-36-15-23)16-4-6-17(7-5-16)24(25(30,31)32,26(33,34)35)39-14-20-21(28)2-1-3-22(20)29/h2*1-11,36H,12-15H2/t2*23-/m10/s1. The molecule has 2 fully saturated rings. The molecular formula is C52H40F18N2O6S2. The Morgan fingerprint density at radius 3 is 0.912 bits per heavy atom. The minimum absolute atomic E-state index is 0.0845. The first-order valence-electron chi connectivity index (χ1n) is 23.2. The van der Waals surface area contributed by atoms with E-state index in [-0.39, 0.29) is 59.9 Å². The molecule has 0 amide bonds. The van der Waals surface area contributed by atoms with Crippen LogP contribution < -0.4 is 10.6 Å². The van der Waals surface area contributed by atoms with Crippen LogP contribution in [0.25, 0.3) is 0 Å². The molecule has 2 saturated heterocycles. The number of alkyl halides is 12. The second-order valence-electron chi connectivity index (χ2n) is 18.2. The highest BCUT2D eigenvalue weighted by atomic mass is 32.2. The van der Waals surface area contributed by atoms with E-state index < -0.39 is 135 Å². The largest absolute Gasteiger partial charge is 0.430 e. The van der Waals surface area contributed by atoms with Gasteiger partial charge in [0.25, 0.3) is 11.2 Å². The maximum Gasteiger partial charge on any atom is 0.430 e. The Labute approximate surface area is 443 Å². The molecule has 2 N–H and O–H groups in total. The fraction of sp³-hybridized carbons (Fsp3) is 0.308. The molecule has 0 radical (unpaired) electrons. The van der Waals surface area contributed by atoms with Crippen LogP contribution in [0.15, 0.2) is 143 Å². The number of sulfone groups is 2. The average Bonchev–Trinajstić information content (AvgIpc) is 4.09. The van der Waals surface area contributed by atoms with Crippen molar-refractivity contribution in [3.8, 4) is 0 Å². The summed E-state index contributed by atoms with van der Waals surface area (Å²) in [6.45, 7) is -3.56. The third-order valence-corrected chi connectivity index (χ3v) is 18.7. The molecule has 2 aliphatic heterocycles. The predicted molar refractivity (Wildman–Crippen MR) is 248 cm³/mol. The zero-order valence-corrected chi connectivity index (χ0v) is 42.1. The van der Waals surface area contributed by atoms with Gasteiger partial charge in [0, 0.05) is 35.3 Å². The molecule has 0 unspecified atom stereocenters.